The van der Waals surface area contributed by atoms with Crippen LogP contribution in [0, 0.1) is 5.82 Å². The Bertz CT molecular complexity index is 991. The number of aliphatic hydroxyl groups is 1. The van der Waals surface area contributed by atoms with Crippen LogP contribution in [0.3, 0.4) is 0 Å². The van der Waals surface area contributed by atoms with Gasteiger partial charge in [-0.25, -0.2) is 4.39 Å². The van der Waals surface area contributed by atoms with Crippen molar-refractivity contribution in [3.8, 4) is 5.75 Å². The lowest BCUT2D eigenvalue weighted by Gasteiger charge is -2.23. The second-order valence-corrected chi connectivity index (χ2v) is 7.69. The minimum atomic E-state index is -0.993. The van der Waals surface area contributed by atoms with Crippen molar-refractivity contribution in [2.75, 3.05) is 20.1 Å². The Balaban J connectivity index is 1.62. The molecule has 0 aliphatic carbocycles. The number of phenolic OH excluding ortho intramolecular Hbond substituents is 1. The fourth-order valence-corrected chi connectivity index (χ4v) is 3.60. The summed E-state index contributed by atoms with van der Waals surface area (Å²) in [6.45, 7) is -0.504. The van der Waals surface area contributed by atoms with Gasteiger partial charge in [0, 0.05) is 7.05 Å². The fraction of sp³-hybridized carbons (Fsp3) is 0.190. The predicted molar refractivity (Wildman–Crippen MR) is 110 cm³/mol. The molecule has 2 N–H and O–H groups in total. The van der Waals surface area contributed by atoms with Crippen LogP contribution in [0.2, 0.25) is 0 Å². The largest absolute Gasteiger partial charge is 0.508 e. The average molecular weight is 430 g/mol. The van der Waals surface area contributed by atoms with Gasteiger partial charge in [0.25, 0.3) is 11.1 Å². The molecule has 2 aromatic carbocycles. The number of thioether (sulfide) groups is 1. The summed E-state index contributed by atoms with van der Waals surface area (Å²) in [4.78, 5) is 39.4. The molecule has 7 nitrogen and oxygen atoms in total. The van der Waals surface area contributed by atoms with Crippen LogP contribution in [0.25, 0.3) is 6.08 Å². The molecule has 30 heavy (non-hydrogen) atoms. The summed E-state index contributed by atoms with van der Waals surface area (Å²) < 4.78 is 13.0. The molecule has 1 aliphatic heterocycles. The monoisotopic (exact) mass is 430 g/mol. The standard InChI is InChI=1S/C21H19FN2O5S/c1-23(11-17(26)14-4-8-16(25)9-5-14)19(27)12-24-20(28)18(30-21(24)29)10-13-2-6-15(22)7-3-13/h2-10,17,25-26H,11-12H2,1H3. The van der Waals surface area contributed by atoms with E-state index in [9.17, 15) is 29.0 Å². The molecule has 3 rings (SSSR count). The third-order valence-electron chi connectivity index (χ3n) is 4.49. The lowest BCUT2D eigenvalue weighted by Crippen LogP contribution is -2.41. The number of phenols is 1. The third kappa shape index (κ3) is 5.05. The number of aromatic hydroxyl groups is 1. The van der Waals surface area contributed by atoms with Crippen LogP contribution in [0.5, 0.6) is 5.75 Å². The molecule has 156 valence electrons. The number of nitrogens with zero attached hydrogens (tertiary/aromatic N) is 2. The summed E-state index contributed by atoms with van der Waals surface area (Å²) in [5.41, 5.74) is 1.07. The van der Waals surface area contributed by atoms with Gasteiger partial charge < -0.3 is 15.1 Å². The number of carbonyl (C=O) groups is 3. The van der Waals surface area contributed by atoms with Crippen molar-refractivity contribution in [1.29, 1.82) is 0 Å². The molecular weight excluding hydrogens is 411 g/mol. The molecule has 0 aromatic heterocycles. The molecule has 0 radical (unpaired) electrons. The minimum Gasteiger partial charge on any atom is -0.508 e. The molecule has 9 heteroatoms. The number of halogens is 1. The maximum absolute atomic E-state index is 13.0. The van der Waals surface area contributed by atoms with Gasteiger partial charge in [-0.1, -0.05) is 24.3 Å². The highest BCUT2D eigenvalue weighted by Crippen LogP contribution is 2.32. The summed E-state index contributed by atoms with van der Waals surface area (Å²) in [5, 5.41) is 19.0. The van der Waals surface area contributed by atoms with E-state index in [1.165, 1.54) is 66.6 Å². The van der Waals surface area contributed by atoms with E-state index in [0.29, 0.717) is 22.9 Å². The van der Waals surface area contributed by atoms with Gasteiger partial charge in [0.2, 0.25) is 5.91 Å². The quantitative estimate of drug-likeness (QED) is 0.684. The topological polar surface area (TPSA) is 98.2 Å². The molecule has 1 fully saturated rings. The van der Waals surface area contributed by atoms with Crippen LogP contribution in [-0.4, -0.2) is 57.2 Å². The Kier molecular flexibility index (Phi) is 6.53. The van der Waals surface area contributed by atoms with Gasteiger partial charge in [0.15, 0.2) is 0 Å². The van der Waals surface area contributed by atoms with Crippen molar-refractivity contribution in [3.63, 3.8) is 0 Å². The highest BCUT2D eigenvalue weighted by Gasteiger charge is 2.37. The molecule has 2 aromatic rings. The Hall–Kier alpha value is -3.17. The van der Waals surface area contributed by atoms with Gasteiger partial charge >= 0.3 is 0 Å². The van der Waals surface area contributed by atoms with E-state index < -0.39 is 35.5 Å². The molecule has 1 unspecified atom stereocenters. The molecule has 1 atom stereocenters. The van der Waals surface area contributed by atoms with Gasteiger partial charge in [0.05, 0.1) is 17.6 Å². The summed E-state index contributed by atoms with van der Waals surface area (Å²) in [6, 6.07) is 11.4. The first-order chi connectivity index (χ1) is 14.2. The number of aliphatic hydroxyl groups excluding tert-OH is 1. The summed E-state index contributed by atoms with van der Waals surface area (Å²) in [7, 11) is 1.46. The maximum atomic E-state index is 13.0. The zero-order chi connectivity index (χ0) is 21.8. The van der Waals surface area contributed by atoms with E-state index in [-0.39, 0.29) is 17.2 Å². The van der Waals surface area contributed by atoms with E-state index in [4.69, 9.17) is 0 Å². The molecular formula is C21H19FN2O5S. The first-order valence-corrected chi connectivity index (χ1v) is 9.78. The zero-order valence-electron chi connectivity index (χ0n) is 16.0. The number of likely N-dealkylation sites (N-methyl/N-ethyl adjacent to an activating group) is 1. The highest BCUT2D eigenvalue weighted by molar-refractivity contribution is 8.18. The summed E-state index contributed by atoms with van der Waals surface area (Å²) in [5.74, 6) is -1.47. The van der Waals surface area contributed by atoms with Crippen LogP contribution < -0.4 is 0 Å². The number of amides is 3. The van der Waals surface area contributed by atoms with Crippen molar-refractivity contribution >= 4 is 34.9 Å². The van der Waals surface area contributed by atoms with Crippen molar-refractivity contribution in [2.45, 2.75) is 6.10 Å². The third-order valence-corrected chi connectivity index (χ3v) is 5.39. The number of benzene rings is 2. The van der Waals surface area contributed by atoms with Gasteiger partial charge in [0.1, 0.15) is 18.1 Å². The second kappa shape index (κ2) is 9.10. The van der Waals surface area contributed by atoms with Crippen molar-refractivity contribution < 1.29 is 29.0 Å². The van der Waals surface area contributed by atoms with E-state index in [2.05, 4.69) is 0 Å². The molecule has 1 heterocycles. The Labute approximate surface area is 176 Å². The molecule has 0 saturated carbocycles. The van der Waals surface area contributed by atoms with Crippen LogP contribution in [0.1, 0.15) is 17.2 Å². The van der Waals surface area contributed by atoms with E-state index in [1.807, 2.05) is 0 Å². The summed E-state index contributed by atoms with van der Waals surface area (Å²) in [6.07, 6.45) is 0.473. The smallest absolute Gasteiger partial charge is 0.294 e. The average Bonchev–Trinajstić information content (AvgIpc) is 2.97. The van der Waals surface area contributed by atoms with Gasteiger partial charge in [-0.2, -0.15) is 0 Å². The van der Waals surface area contributed by atoms with Crippen LogP contribution in [0.15, 0.2) is 53.4 Å². The van der Waals surface area contributed by atoms with E-state index >= 15 is 0 Å². The second-order valence-electron chi connectivity index (χ2n) is 6.70. The van der Waals surface area contributed by atoms with Crippen LogP contribution >= 0.6 is 11.8 Å². The zero-order valence-corrected chi connectivity index (χ0v) is 16.8. The minimum absolute atomic E-state index is 0.0503. The first kappa shape index (κ1) is 21.5. The maximum Gasteiger partial charge on any atom is 0.294 e. The van der Waals surface area contributed by atoms with E-state index in [1.54, 1.807) is 0 Å². The van der Waals surface area contributed by atoms with Crippen molar-refractivity contribution in [2.24, 2.45) is 0 Å². The Morgan fingerprint density at radius 1 is 1.17 bits per heavy atom. The first-order valence-electron chi connectivity index (χ1n) is 8.96. The Morgan fingerprint density at radius 2 is 1.80 bits per heavy atom. The van der Waals surface area contributed by atoms with E-state index in [0.717, 1.165) is 4.90 Å². The molecule has 1 aliphatic rings. The number of rotatable bonds is 6. The van der Waals surface area contributed by atoms with Crippen LogP contribution in [-0.2, 0) is 9.59 Å². The molecule has 1 saturated heterocycles. The lowest BCUT2D eigenvalue weighted by molar-refractivity contribution is -0.135. The van der Waals surface area contributed by atoms with Gasteiger partial charge in [-0.15, -0.1) is 0 Å². The highest BCUT2D eigenvalue weighted by atomic mass is 32.2. The number of hydrogen-bond acceptors (Lipinski definition) is 6. The normalized spacial score (nSPS) is 16.2. The SMILES string of the molecule is CN(CC(O)c1ccc(O)cc1)C(=O)CN1C(=O)SC(=Cc2ccc(F)cc2)C1=O. The lowest BCUT2D eigenvalue weighted by atomic mass is 10.1. The number of carbonyl (C=O) groups excluding carboxylic acids is 3. The molecule has 3 amide bonds. The molecule has 0 spiro atoms. The predicted octanol–water partition coefficient (Wildman–Crippen LogP) is 2.76. The Morgan fingerprint density at radius 3 is 2.43 bits per heavy atom. The fourth-order valence-electron chi connectivity index (χ4n) is 2.77. The van der Waals surface area contributed by atoms with Crippen LogP contribution in [0.4, 0.5) is 9.18 Å². The molecule has 0 bridgehead atoms. The van der Waals surface area contributed by atoms with Crippen molar-refractivity contribution in [3.05, 3.63) is 70.4 Å². The summed E-state index contributed by atoms with van der Waals surface area (Å²) >= 11 is 0.708. The number of hydrogen-bond donors (Lipinski definition) is 2. The van der Waals surface area contributed by atoms with Gasteiger partial charge in [-0.3, -0.25) is 19.3 Å². The number of imide groups is 1. The van der Waals surface area contributed by atoms with Crippen molar-refractivity contribution in [1.82, 2.24) is 9.80 Å². The van der Waals surface area contributed by atoms with Gasteiger partial charge in [-0.05, 0) is 53.2 Å².